The fraction of sp³-hybridized carbons (Fsp3) is 0.200. The molecule has 0 atom stereocenters. The second-order valence-electron chi connectivity index (χ2n) is 1.48. The first-order valence-electron chi connectivity index (χ1n) is 2.46. The third kappa shape index (κ3) is 1.07. The van der Waals surface area contributed by atoms with Crippen LogP contribution in [0.5, 0.6) is 0 Å². The van der Waals surface area contributed by atoms with Gasteiger partial charge in [0.15, 0.2) is 0 Å². The maximum Gasteiger partial charge on any atom is 0.348 e. The quantitative estimate of drug-likeness (QED) is 0.492. The minimum absolute atomic E-state index is 0.299. The van der Waals surface area contributed by atoms with Gasteiger partial charge >= 0.3 is 6.03 Å². The largest absolute Gasteiger partial charge is 0.348 e. The van der Waals surface area contributed by atoms with E-state index in [1.807, 2.05) is 0 Å². The van der Waals surface area contributed by atoms with Gasteiger partial charge in [0.05, 0.1) is 0 Å². The minimum Gasteiger partial charge on any atom is -0.257 e. The molecule has 4 nitrogen and oxygen atoms in total. The maximum absolute atomic E-state index is 10.6. The minimum atomic E-state index is -0.299. The number of carbonyl (C=O) groups is 1. The van der Waals surface area contributed by atoms with Crippen LogP contribution in [0.1, 0.15) is 0 Å². The average molecular weight is 124 g/mol. The fourth-order valence-corrected chi connectivity index (χ4v) is 0.488. The van der Waals surface area contributed by atoms with Gasteiger partial charge in [-0.1, -0.05) is 0 Å². The van der Waals surface area contributed by atoms with Gasteiger partial charge in [0.2, 0.25) is 0 Å². The standard InChI is InChI=1S/C5H6N3O/c1-6-5(9)8-3-2-7-4-8/h2-4H,1H3. The summed E-state index contributed by atoms with van der Waals surface area (Å²) < 4.78 is 1.31. The second kappa shape index (κ2) is 2.30. The van der Waals surface area contributed by atoms with Crippen molar-refractivity contribution in [1.29, 1.82) is 0 Å². The van der Waals surface area contributed by atoms with Crippen LogP contribution in [0.25, 0.3) is 0 Å². The molecule has 0 aliphatic heterocycles. The molecule has 0 spiro atoms. The molecule has 0 aliphatic rings. The van der Waals surface area contributed by atoms with Crippen molar-refractivity contribution in [3.63, 3.8) is 0 Å². The number of hydrogen-bond donors (Lipinski definition) is 0. The summed E-state index contributed by atoms with van der Waals surface area (Å²) >= 11 is 0. The van der Waals surface area contributed by atoms with Gasteiger partial charge in [-0.05, 0) is 0 Å². The van der Waals surface area contributed by atoms with Crippen molar-refractivity contribution < 1.29 is 4.79 Å². The molecule has 0 saturated heterocycles. The zero-order valence-electron chi connectivity index (χ0n) is 4.98. The van der Waals surface area contributed by atoms with Gasteiger partial charge in [-0.25, -0.2) is 15.1 Å². The summed E-state index contributed by atoms with van der Waals surface area (Å²) in [5.41, 5.74) is 0. The number of nitrogens with zero attached hydrogens (tertiary/aromatic N) is 3. The first-order valence-corrected chi connectivity index (χ1v) is 2.46. The van der Waals surface area contributed by atoms with E-state index in [1.165, 1.54) is 24.1 Å². The van der Waals surface area contributed by atoms with E-state index in [9.17, 15) is 4.79 Å². The highest BCUT2D eigenvalue weighted by atomic mass is 16.2. The molecule has 47 valence electrons. The van der Waals surface area contributed by atoms with E-state index < -0.39 is 0 Å². The third-order valence-electron chi connectivity index (χ3n) is 0.917. The zero-order valence-corrected chi connectivity index (χ0v) is 4.98. The summed E-state index contributed by atoms with van der Waals surface area (Å²) in [7, 11) is 1.45. The van der Waals surface area contributed by atoms with E-state index in [-0.39, 0.29) is 6.03 Å². The first-order chi connectivity index (χ1) is 4.34. The van der Waals surface area contributed by atoms with Gasteiger partial charge in [0.25, 0.3) is 0 Å². The molecule has 1 radical (unpaired) electrons. The van der Waals surface area contributed by atoms with Crippen molar-refractivity contribution in [2.45, 2.75) is 0 Å². The summed E-state index contributed by atoms with van der Waals surface area (Å²) in [6, 6.07) is -0.299. The Morgan fingerprint density at radius 3 is 3.00 bits per heavy atom. The highest BCUT2D eigenvalue weighted by Gasteiger charge is 1.97. The fourth-order valence-electron chi connectivity index (χ4n) is 0.488. The van der Waals surface area contributed by atoms with Crippen LogP contribution in [0.4, 0.5) is 4.79 Å². The molecular weight excluding hydrogens is 118 g/mol. The second-order valence-corrected chi connectivity index (χ2v) is 1.48. The molecule has 1 heterocycles. The molecule has 0 bridgehead atoms. The van der Waals surface area contributed by atoms with E-state index in [0.717, 1.165) is 0 Å². The summed E-state index contributed by atoms with van der Waals surface area (Å²) in [5, 5.41) is 3.42. The van der Waals surface area contributed by atoms with Crippen molar-refractivity contribution in [2.24, 2.45) is 0 Å². The Balaban J connectivity index is 2.77. The molecule has 4 heteroatoms. The predicted molar refractivity (Wildman–Crippen MR) is 31.1 cm³/mol. The van der Waals surface area contributed by atoms with Crippen molar-refractivity contribution >= 4 is 6.03 Å². The van der Waals surface area contributed by atoms with E-state index in [1.54, 1.807) is 6.20 Å². The number of rotatable bonds is 0. The lowest BCUT2D eigenvalue weighted by Crippen LogP contribution is -2.16. The summed E-state index contributed by atoms with van der Waals surface area (Å²) in [6.45, 7) is 0. The summed E-state index contributed by atoms with van der Waals surface area (Å²) in [5.74, 6) is 0. The molecule has 9 heavy (non-hydrogen) atoms. The van der Waals surface area contributed by atoms with Gasteiger partial charge in [-0.2, -0.15) is 0 Å². The van der Waals surface area contributed by atoms with E-state index >= 15 is 0 Å². The Morgan fingerprint density at radius 1 is 1.78 bits per heavy atom. The Kier molecular flexibility index (Phi) is 1.48. The molecule has 0 unspecified atom stereocenters. The van der Waals surface area contributed by atoms with Gasteiger partial charge in [0, 0.05) is 19.4 Å². The zero-order chi connectivity index (χ0) is 6.69. The highest BCUT2D eigenvalue weighted by molar-refractivity contribution is 5.75. The number of hydrogen-bond acceptors (Lipinski definition) is 2. The number of amides is 1. The van der Waals surface area contributed by atoms with Crippen LogP contribution in [0.2, 0.25) is 0 Å². The van der Waals surface area contributed by atoms with Crippen LogP contribution < -0.4 is 5.32 Å². The molecular formula is C5H6N3O. The van der Waals surface area contributed by atoms with Crippen molar-refractivity contribution in [2.75, 3.05) is 7.05 Å². The Labute approximate surface area is 52.5 Å². The average Bonchev–Trinajstić information content (AvgIpc) is 2.37. The molecule has 1 amide bonds. The number of imidazole rings is 1. The molecule has 0 saturated carbocycles. The van der Waals surface area contributed by atoms with Crippen LogP contribution in [-0.2, 0) is 0 Å². The lowest BCUT2D eigenvalue weighted by atomic mass is 10.8. The summed E-state index contributed by atoms with van der Waals surface area (Å²) in [4.78, 5) is 14.3. The molecule has 0 aromatic carbocycles. The van der Waals surface area contributed by atoms with Crippen LogP contribution >= 0.6 is 0 Å². The molecule has 1 aromatic heterocycles. The maximum atomic E-state index is 10.6. The third-order valence-corrected chi connectivity index (χ3v) is 0.917. The highest BCUT2D eigenvalue weighted by Crippen LogP contribution is 1.82. The Hall–Kier alpha value is -1.32. The van der Waals surface area contributed by atoms with Crippen LogP contribution in [0.15, 0.2) is 18.7 Å². The molecule has 1 aromatic rings. The van der Waals surface area contributed by atoms with E-state index in [2.05, 4.69) is 10.3 Å². The van der Waals surface area contributed by atoms with Crippen molar-refractivity contribution in [3.05, 3.63) is 18.7 Å². The smallest absolute Gasteiger partial charge is 0.257 e. The molecule has 0 aliphatic carbocycles. The SMILES string of the molecule is C[N]C(=O)n1ccnc1. The van der Waals surface area contributed by atoms with Crippen molar-refractivity contribution in [3.8, 4) is 0 Å². The lowest BCUT2D eigenvalue weighted by molar-refractivity contribution is 0.243. The normalized spacial score (nSPS) is 9.00. The molecule has 1 rings (SSSR count). The van der Waals surface area contributed by atoms with Crippen LogP contribution in [-0.4, -0.2) is 22.6 Å². The summed E-state index contributed by atoms with van der Waals surface area (Å²) in [6.07, 6.45) is 4.49. The van der Waals surface area contributed by atoms with Gasteiger partial charge < -0.3 is 0 Å². The number of aromatic nitrogens is 2. The van der Waals surface area contributed by atoms with E-state index in [4.69, 9.17) is 0 Å². The topological polar surface area (TPSA) is 49.0 Å². The van der Waals surface area contributed by atoms with Crippen molar-refractivity contribution in [1.82, 2.24) is 14.9 Å². The predicted octanol–water partition coefficient (Wildman–Crippen LogP) is 0.0854. The monoisotopic (exact) mass is 124 g/mol. The lowest BCUT2D eigenvalue weighted by Gasteiger charge is -1.92. The Bertz CT molecular complexity index is 192. The number of carbonyl (C=O) groups excluding carboxylic acids is 1. The van der Waals surface area contributed by atoms with Crippen LogP contribution in [0, 0.1) is 0 Å². The Morgan fingerprint density at radius 2 is 2.56 bits per heavy atom. The first kappa shape index (κ1) is 5.81. The van der Waals surface area contributed by atoms with Gasteiger partial charge in [-0.15, -0.1) is 0 Å². The van der Waals surface area contributed by atoms with Gasteiger partial charge in [-0.3, -0.25) is 4.57 Å². The molecule has 0 N–H and O–H groups in total. The van der Waals surface area contributed by atoms with Crippen LogP contribution in [0.3, 0.4) is 0 Å². The molecule has 0 fully saturated rings. The van der Waals surface area contributed by atoms with Gasteiger partial charge in [0.1, 0.15) is 6.33 Å². The van der Waals surface area contributed by atoms with E-state index in [0.29, 0.717) is 0 Å².